The van der Waals surface area contributed by atoms with E-state index in [2.05, 4.69) is 19.2 Å². The Kier molecular flexibility index (Phi) is 3.10. The van der Waals surface area contributed by atoms with E-state index in [9.17, 15) is 4.39 Å². The van der Waals surface area contributed by atoms with Crippen molar-refractivity contribution in [3.05, 3.63) is 0 Å². The molecule has 1 rings (SSSR count). The second-order valence-corrected chi connectivity index (χ2v) is 4.57. The fourth-order valence-electron chi connectivity index (χ4n) is 1.99. The number of nitrogens with one attached hydrogen (secondary N) is 1. The van der Waals surface area contributed by atoms with Crippen molar-refractivity contribution in [3.8, 4) is 0 Å². The van der Waals surface area contributed by atoms with Crippen LogP contribution >= 0.6 is 0 Å². The largest absolute Gasteiger partial charge is 0.314 e. The molecular weight excluding hydrogens is 153 g/mol. The fourth-order valence-corrected chi connectivity index (χ4v) is 1.99. The second-order valence-electron chi connectivity index (χ2n) is 4.57. The van der Waals surface area contributed by atoms with Gasteiger partial charge in [-0.15, -0.1) is 0 Å². The molecule has 2 heteroatoms. The van der Waals surface area contributed by atoms with Crippen LogP contribution in [0, 0.1) is 11.8 Å². The van der Waals surface area contributed by atoms with Crippen LogP contribution in [0.2, 0.25) is 0 Å². The Morgan fingerprint density at radius 1 is 1.58 bits per heavy atom. The van der Waals surface area contributed by atoms with Crippen LogP contribution in [0.25, 0.3) is 0 Å². The van der Waals surface area contributed by atoms with Gasteiger partial charge in [0.05, 0.1) is 0 Å². The molecule has 1 nitrogen and oxygen atoms in total. The number of rotatable bonds is 2. The molecule has 1 saturated heterocycles. The van der Waals surface area contributed by atoms with Crippen molar-refractivity contribution in [2.24, 2.45) is 11.8 Å². The molecule has 1 heterocycles. The number of piperidine rings is 1. The van der Waals surface area contributed by atoms with E-state index in [1.54, 1.807) is 6.92 Å². The summed E-state index contributed by atoms with van der Waals surface area (Å²) in [5, 5.41) is 3.10. The molecule has 2 unspecified atom stereocenters. The van der Waals surface area contributed by atoms with Gasteiger partial charge in [-0.25, -0.2) is 4.39 Å². The molecule has 1 fully saturated rings. The van der Waals surface area contributed by atoms with Crippen molar-refractivity contribution in [1.29, 1.82) is 0 Å². The molecule has 0 radical (unpaired) electrons. The van der Waals surface area contributed by atoms with Crippen molar-refractivity contribution in [3.63, 3.8) is 0 Å². The Morgan fingerprint density at radius 3 is 2.75 bits per heavy atom. The summed E-state index contributed by atoms with van der Waals surface area (Å²) in [6, 6.07) is 0. The van der Waals surface area contributed by atoms with Crippen LogP contribution in [0.5, 0.6) is 0 Å². The number of hydrogen-bond donors (Lipinski definition) is 1. The zero-order valence-electron chi connectivity index (χ0n) is 8.36. The molecule has 0 aromatic heterocycles. The van der Waals surface area contributed by atoms with E-state index in [1.165, 1.54) is 0 Å². The average molecular weight is 173 g/mol. The van der Waals surface area contributed by atoms with Gasteiger partial charge in [-0.2, -0.15) is 0 Å². The molecule has 1 N–H and O–H groups in total. The maximum absolute atomic E-state index is 13.8. The van der Waals surface area contributed by atoms with Crippen LogP contribution < -0.4 is 5.32 Å². The van der Waals surface area contributed by atoms with Gasteiger partial charge in [0.1, 0.15) is 5.67 Å². The summed E-state index contributed by atoms with van der Waals surface area (Å²) in [6.07, 6.45) is 2.01. The normalized spacial score (nSPS) is 37.2. The maximum Gasteiger partial charge on any atom is 0.123 e. The molecule has 1 aliphatic rings. The summed E-state index contributed by atoms with van der Waals surface area (Å²) in [6.45, 7) is 7.57. The quantitative estimate of drug-likeness (QED) is 0.676. The zero-order chi connectivity index (χ0) is 9.19. The third-order valence-corrected chi connectivity index (χ3v) is 2.75. The van der Waals surface area contributed by atoms with E-state index in [1.807, 2.05) is 0 Å². The van der Waals surface area contributed by atoms with Crippen LogP contribution in [0.15, 0.2) is 0 Å². The van der Waals surface area contributed by atoms with Crippen LogP contribution in [0.4, 0.5) is 4.39 Å². The highest BCUT2D eigenvalue weighted by molar-refractivity contribution is 4.89. The summed E-state index contributed by atoms with van der Waals surface area (Å²) in [5.74, 6) is 0.877. The Morgan fingerprint density at radius 2 is 2.25 bits per heavy atom. The number of halogens is 1. The minimum absolute atomic E-state index is 0.263. The predicted octanol–water partition coefficient (Wildman–Crippen LogP) is 2.37. The molecule has 2 atom stereocenters. The molecule has 0 amide bonds. The lowest BCUT2D eigenvalue weighted by Gasteiger charge is -2.36. The van der Waals surface area contributed by atoms with Gasteiger partial charge in [0, 0.05) is 6.54 Å². The van der Waals surface area contributed by atoms with Crippen molar-refractivity contribution in [1.82, 2.24) is 5.32 Å². The van der Waals surface area contributed by atoms with Gasteiger partial charge in [-0.05, 0) is 38.1 Å². The lowest BCUT2D eigenvalue weighted by molar-refractivity contribution is 0.0579. The standard InChI is InChI=1S/C10H20FN/c1-8(2)6-9-4-5-12-7-10(9,3)11/h8-9,12H,4-7H2,1-3H3. The first-order chi connectivity index (χ1) is 5.52. The van der Waals surface area contributed by atoms with Crippen molar-refractivity contribution >= 4 is 0 Å². The summed E-state index contributed by atoms with van der Waals surface area (Å²) in [4.78, 5) is 0. The zero-order valence-corrected chi connectivity index (χ0v) is 8.36. The molecule has 0 spiro atoms. The van der Waals surface area contributed by atoms with Gasteiger partial charge in [0.15, 0.2) is 0 Å². The minimum atomic E-state index is -0.984. The van der Waals surface area contributed by atoms with Crippen LogP contribution in [0.3, 0.4) is 0 Å². The van der Waals surface area contributed by atoms with Gasteiger partial charge in [-0.3, -0.25) is 0 Å². The van der Waals surface area contributed by atoms with Crippen molar-refractivity contribution in [2.75, 3.05) is 13.1 Å². The molecular formula is C10H20FN. The molecule has 0 saturated carbocycles. The van der Waals surface area contributed by atoms with E-state index in [-0.39, 0.29) is 5.92 Å². The van der Waals surface area contributed by atoms with Crippen molar-refractivity contribution < 1.29 is 4.39 Å². The summed E-state index contributed by atoms with van der Waals surface area (Å²) in [7, 11) is 0. The Balaban J connectivity index is 2.48. The third kappa shape index (κ3) is 2.44. The smallest absolute Gasteiger partial charge is 0.123 e. The first-order valence-electron chi connectivity index (χ1n) is 4.92. The van der Waals surface area contributed by atoms with Gasteiger partial charge in [-0.1, -0.05) is 13.8 Å². The highest BCUT2D eigenvalue weighted by Gasteiger charge is 2.36. The van der Waals surface area contributed by atoms with Crippen molar-refractivity contribution in [2.45, 2.75) is 39.3 Å². The highest BCUT2D eigenvalue weighted by atomic mass is 19.1. The summed E-state index contributed by atoms with van der Waals surface area (Å²) < 4.78 is 13.8. The van der Waals surface area contributed by atoms with Crippen LogP contribution in [0.1, 0.15) is 33.6 Å². The molecule has 0 aromatic rings. The molecule has 0 aromatic carbocycles. The molecule has 0 aliphatic carbocycles. The van der Waals surface area contributed by atoms with E-state index in [0.29, 0.717) is 12.5 Å². The number of alkyl halides is 1. The maximum atomic E-state index is 13.8. The monoisotopic (exact) mass is 173 g/mol. The first kappa shape index (κ1) is 9.97. The van der Waals surface area contributed by atoms with Gasteiger partial charge < -0.3 is 5.32 Å². The third-order valence-electron chi connectivity index (χ3n) is 2.75. The highest BCUT2D eigenvalue weighted by Crippen LogP contribution is 2.32. The molecule has 72 valence electrons. The molecule has 0 bridgehead atoms. The Labute approximate surface area is 74.7 Å². The number of hydrogen-bond acceptors (Lipinski definition) is 1. The molecule has 12 heavy (non-hydrogen) atoms. The summed E-state index contributed by atoms with van der Waals surface area (Å²) >= 11 is 0. The van der Waals surface area contributed by atoms with E-state index in [4.69, 9.17) is 0 Å². The van der Waals surface area contributed by atoms with Gasteiger partial charge in [0.25, 0.3) is 0 Å². The van der Waals surface area contributed by atoms with Crippen LogP contribution in [-0.4, -0.2) is 18.8 Å². The van der Waals surface area contributed by atoms with E-state index in [0.717, 1.165) is 19.4 Å². The first-order valence-corrected chi connectivity index (χ1v) is 4.92. The van der Waals surface area contributed by atoms with Gasteiger partial charge in [0.2, 0.25) is 0 Å². The van der Waals surface area contributed by atoms with Crippen LogP contribution in [-0.2, 0) is 0 Å². The SMILES string of the molecule is CC(C)CC1CCNCC1(C)F. The predicted molar refractivity (Wildman–Crippen MR) is 49.9 cm³/mol. The second kappa shape index (κ2) is 3.73. The lowest BCUT2D eigenvalue weighted by Crippen LogP contribution is -2.47. The minimum Gasteiger partial charge on any atom is -0.314 e. The lowest BCUT2D eigenvalue weighted by atomic mass is 9.80. The topological polar surface area (TPSA) is 12.0 Å². The van der Waals surface area contributed by atoms with Gasteiger partial charge >= 0.3 is 0 Å². The van der Waals surface area contributed by atoms with E-state index >= 15 is 0 Å². The fraction of sp³-hybridized carbons (Fsp3) is 1.00. The Hall–Kier alpha value is -0.110. The average Bonchev–Trinajstić information content (AvgIpc) is 1.92. The Bertz CT molecular complexity index is 143. The summed E-state index contributed by atoms with van der Waals surface area (Å²) in [5.41, 5.74) is -0.984. The molecule has 1 aliphatic heterocycles. The van der Waals surface area contributed by atoms with E-state index < -0.39 is 5.67 Å².